The molecule has 0 aromatic carbocycles. The SMILES string of the molecule is C=CCN(C(=O)CC1CNCCO1)C(C)(C)C. The van der Waals surface area contributed by atoms with Crippen molar-refractivity contribution in [3.05, 3.63) is 12.7 Å². The maximum Gasteiger partial charge on any atom is 0.225 e. The van der Waals surface area contributed by atoms with Gasteiger partial charge in [-0.15, -0.1) is 6.58 Å². The summed E-state index contributed by atoms with van der Waals surface area (Å²) >= 11 is 0. The zero-order valence-electron chi connectivity index (χ0n) is 11.2. The van der Waals surface area contributed by atoms with Gasteiger partial charge < -0.3 is 15.0 Å². The van der Waals surface area contributed by atoms with Gasteiger partial charge in [0.25, 0.3) is 0 Å². The average Bonchev–Trinajstić information content (AvgIpc) is 2.25. The van der Waals surface area contributed by atoms with E-state index in [-0.39, 0.29) is 17.6 Å². The lowest BCUT2D eigenvalue weighted by atomic mass is 10.0. The van der Waals surface area contributed by atoms with Crippen LogP contribution < -0.4 is 5.32 Å². The second-order valence-corrected chi connectivity index (χ2v) is 5.36. The fourth-order valence-electron chi connectivity index (χ4n) is 1.93. The smallest absolute Gasteiger partial charge is 0.225 e. The van der Waals surface area contributed by atoms with Crippen LogP contribution in [0, 0.1) is 0 Å². The minimum atomic E-state index is -0.173. The van der Waals surface area contributed by atoms with Gasteiger partial charge in [-0.25, -0.2) is 0 Å². The molecule has 1 saturated heterocycles. The van der Waals surface area contributed by atoms with E-state index in [4.69, 9.17) is 4.74 Å². The quantitative estimate of drug-likeness (QED) is 0.750. The zero-order chi connectivity index (χ0) is 12.9. The van der Waals surface area contributed by atoms with E-state index in [1.54, 1.807) is 6.08 Å². The summed E-state index contributed by atoms with van der Waals surface area (Å²) in [7, 11) is 0. The predicted octanol–water partition coefficient (Wildman–Crippen LogP) is 1.18. The van der Waals surface area contributed by atoms with Crippen molar-refractivity contribution in [2.75, 3.05) is 26.2 Å². The van der Waals surface area contributed by atoms with Crippen molar-refractivity contribution in [2.45, 2.75) is 38.8 Å². The Kier molecular flexibility index (Phi) is 5.15. The summed E-state index contributed by atoms with van der Waals surface area (Å²) in [4.78, 5) is 14.1. The minimum Gasteiger partial charge on any atom is -0.375 e. The van der Waals surface area contributed by atoms with E-state index < -0.39 is 0 Å². The standard InChI is InChI=1S/C13H24N2O2/c1-5-7-15(13(2,3)4)12(16)9-11-10-14-6-8-17-11/h5,11,14H,1,6-10H2,2-4H3. The van der Waals surface area contributed by atoms with Crippen LogP contribution in [0.3, 0.4) is 0 Å². The Balaban J connectivity index is 2.55. The molecule has 0 saturated carbocycles. The van der Waals surface area contributed by atoms with Gasteiger partial charge in [0.1, 0.15) is 0 Å². The minimum absolute atomic E-state index is 0.00548. The van der Waals surface area contributed by atoms with Gasteiger partial charge >= 0.3 is 0 Å². The van der Waals surface area contributed by atoms with Crippen LogP contribution in [0.4, 0.5) is 0 Å². The number of morpholine rings is 1. The molecular weight excluding hydrogens is 216 g/mol. The number of ether oxygens (including phenoxy) is 1. The lowest BCUT2D eigenvalue weighted by Crippen LogP contribution is -2.48. The molecule has 4 heteroatoms. The van der Waals surface area contributed by atoms with Gasteiger partial charge in [0.2, 0.25) is 5.91 Å². The van der Waals surface area contributed by atoms with Crippen LogP contribution in [0.2, 0.25) is 0 Å². The summed E-state index contributed by atoms with van der Waals surface area (Å²) in [6.45, 7) is 12.7. The molecule has 0 spiro atoms. The molecule has 4 nitrogen and oxygen atoms in total. The molecule has 98 valence electrons. The normalized spacial score (nSPS) is 21.0. The molecule has 1 N–H and O–H groups in total. The number of hydrogen-bond donors (Lipinski definition) is 1. The molecule has 0 bridgehead atoms. The molecule has 1 heterocycles. The number of nitrogens with one attached hydrogen (secondary N) is 1. The predicted molar refractivity (Wildman–Crippen MR) is 68.9 cm³/mol. The van der Waals surface area contributed by atoms with Crippen molar-refractivity contribution < 1.29 is 9.53 Å². The first-order chi connectivity index (χ1) is 7.95. The van der Waals surface area contributed by atoms with E-state index in [9.17, 15) is 4.79 Å². The van der Waals surface area contributed by atoms with Crippen LogP contribution in [0.25, 0.3) is 0 Å². The Labute approximate surface area is 104 Å². The Morgan fingerprint density at radius 1 is 1.59 bits per heavy atom. The third-order valence-electron chi connectivity index (χ3n) is 2.83. The largest absolute Gasteiger partial charge is 0.375 e. The first-order valence-corrected chi connectivity index (χ1v) is 6.19. The maximum absolute atomic E-state index is 12.2. The molecule has 1 fully saturated rings. The monoisotopic (exact) mass is 240 g/mol. The fraction of sp³-hybridized carbons (Fsp3) is 0.769. The molecule has 0 radical (unpaired) electrons. The highest BCUT2D eigenvalue weighted by Gasteiger charge is 2.27. The van der Waals surface area contributed by atoms with Crippen molar-refractivity contribution in [2.24, 2.45) is 0 Å². The van der Waals surface area contributed by atoms with Crippen LogP contribution in [-0.2, 0) is 9.53 Å². The van der Waals surface area contributed by atoms with Crippen LogP contribution in [0.5, 0.6) is 0 Å². The van der Waals surface area contributed by atoms with Crippen molar-refractivity contribution in [3.8, 4) is 0 Å². The summed E-state index contributed by atoms with van der Waals surface area (Å²) in [5.74, 6) is 0.131. The molecule has 1 rings (SSSR count). The van der Waals surface area contributed by atoms with E-state index in [1.807, 2.05) is 25.7 Å². The molecule has 0 aromatic rings. The van der Waals surface area contributed by atoms with Gasteiger partial charge in [-0.2, -0.15) is 0 Å². The van der Waals surface area contributed by atoms with Gasteiger partial charge in [-0.3, -0.25) is 4.79 Å². The Hall–Kier alpha value is -0.870. The third-order valence-corrected chi connectivity index (χ3v) is 2.83. The first-order valence-electron chi connectivity index (χ1n) is 6.19. The fourth-order valence-corrected chi connectivity index (χ4v) is 1.93. The van der Waals surface area contributed by atoms with Gasteiger partial charge in [0, 0.05) is 25.2 Å². The lowest BCUT2D eigenvalue weighted by Gasteiger charge is -2.36. The van der Waals surface area contributed by atoms with Crippen LogP contribution in [0.1, 0.15) is 27.2 Å². The first kappa shape index (κ1) is 14.2. The summed E-state index contributed by atoms with van der Waals surface area (Å²) in [5.41, 5.74) is -0.173. The van der Waals surface area contributed by atoms with Gasteiger partial charge in [0.05, 0.1) is 19.1 Å². The lowest BCUT2D eigenvalue weighted by molar-refractivity contribution is -0.138. The zero-order valence-corrected chi connectivity index (χ0v) is 11.2. The molecule has 0 aromatic heterocycles. The number of carbonyl (C=O) groups is 1. The molecule has 0 aliphatic carbocycles. The summed E-state index contributed by atoms with van der Waals surface area (Å²) in [5, 5.41) is 3.23. The molecule has 1 atom stereocenters. The number of carbonyl (C=O) groups excluding carboxylic acids is 1. The third kappa shape index (κ3) is 4.48. The van der Waals surface area contributed by atoms with Gasteiger partial charge in [-0.1, -0.05) is 6.08 Å². The van der Waals surface area contributed by atoms with Crippen LogP contribution in [0.15, 0.2) is 12.7 Å². The van der Waals surface area contributed by atoms with E-state index >= 15 is 0 Å². The van der Waals surface area contributed by atoms with E-state index in [2.05, 4.69) is 11.9 Å². The topological polar surface area (TPSA) is 41.6 Å². The summed E-state index contributed by atoms with van der Waals surface area (Å²) in [6.07, 6.45) is 2.22. The highest BCUT2D eigenvalue weighted by Crippen LogP contribution is 2.16. The molecule has 1 amide bonds. The maximum atomic E-state index is 12.2. The highest BCUT2D eigenvalue weighted by atomic mass is 16.5. The van der Waals surface area contributed by atoms with Gasteiger partial charge in [0.15, 0.2) is 0 Å². The second-order valence-electron chi connectivity index (χ2n) is 5.36. The summed E-state index contributed by atoms with van der Waals surface area (Å²) < 4.78 is 5.55. The van der Waals surface area contributed by atoms with Crippen LogP contribution >= 0.6 is 0 Å². The average molecular weight is 240 g/mol. The van der Waals surface area contributed by atoms with E-state index in [0.717, 1.165) is 13.1 Å². The molecular formula is C13H24N2O2. The summed E-state index contributed by atoms with van der Waals surface area (Å²) in [6, 6.07) is 0. The number of amides is 1. The Morgan fingerprint density at radius 2 is 2.29 bits per heavy atom. The molecule has 1 aliphatic heterocycles. The number of hydrogen-bond acceptors (Lipinski definition) is 3. The van der Waals surface area contributed by atoms with E-state index in [0.29, 0.717) is 19.6 Å². The van der Waals surface area contributed by atoms with Crippen molar-refractivity contribution in [1.29, 1.82) is 0 Å². The van der Waals surface area contributed by atoms with Crippen molar-refractivity contribution in [3.63, 3.8) is 0 Å². The van der Waals surface area contributed by atoms with Crippen molar-refractivity contribution in [1.82, 2.24) is 10.2 Å². The van der Waals surface area contributed by atoms with Crippen molar-refractivity contribution >= 4 is 5.91 Å². The van der Waals surface area contributed by atoms with Gasteiger partial charge in [-0.05, 0) is 20.8 Å². The number of rotatable bonds is 4. The molecule has 17 heavy (non-hydrogen) atoms. The Bertz CT molecular complexity index is 265. The second kappa shape index (κ2) is 6.17. The highest BCUT2D eigenvalue weighted by molar-refractivity contribution is 5.77. The van der Waals surface area contributed by atoms with Crippen LogP contribution in [-0.4, -0.2) is 48.7 Å². The number of nitrogens with zero attached hydrogens (tertiary/aromatic N) is 1. The molecule has 1 unspecified atom stereocenters. The molecule has 1 aliphatic rings. The van der Waals surface area contributed by atoms with E-state index in [1.165, 1.54) is 0 Å². The Morgan fingerprint density at radius 3 is 2.76 bits per heavy atom.